The van der Waals surface area contributed by atoms with Gasteiger partial charge in [-0.1, -0.05) is 159 Å². The second-order valence-electron chi connectivity index (χ2n) is 12.8. The van der Waals surface area contributed by atoms with Crippen molar-refractivity contribution in [3.8, 4) is 56.4 Å². The minimum absolute atomic E-state index is 0.674. The first kappa shape index (κ1) is 27.6. The molecular formula is C43H31N3Si. The Labute approximate surface area is 275 Å². The van der Waals surface area contributed by atoms with Gasteiger partial charge in [0.1, 0.15) is 8.07 Å². The number of nitrogens with zero attached hydrogens (tertiary/aromatic N) is 3. The maximum Gasteiger partial charge on any atom is 0.164 e. The first-order chi connectivity index (χ1) is 23.1. The monoisotopic (exact) mass is 617 g/mol. The molecule has 0 fully saturated rings. The van der Waals surface area contributed by atoms with E-state index < -0.39 is 8.07 Å². The van der Waals surface area contributed by atoms with Crippen LogP contribution in [-0.2, 0) is 0 Å². The van der Waals surface area contributed by atoms with Crippen LogP contribution in [0.5, 0.6) is 0 Å². The molecule has 9 rings (SSSR count). The standard InChI is InChI=1S/C43H31N3Si/c1-47(2)38-26-22-29-15-9-10-18-33(29)40(38)37-23-21-31(27-39(37)47)42-44-41(30-16-7-4-8-17-30)45-43(46-42)36-25-24-32(28-13-5-3-6-14-28)34-19-11-12-20-35(34)36/h3-27H,1-2H3. The lowest BCUT2D eigenvalue weighted by Crippen LogP contribution is -2.49. The van der Waals surface area contributed by atoms with Crippen molar-refractivity contribution in [1.29, 1.82) is 0 Å². The molecule has 1 aliphatic rings. The molecule has 0 unspecified atom stereocenters. The molecule has 0 radical (unpaired) electrons. The Hall–Kier alpha value is -5.71. The van der Waals surface area contributed by atoms with E-state index in [4.69, 9.17) is 15.0 Å². The van der Waals surface area contributed by atoms with Gasteiger partial charge in [0.05, 0.1) is 0 Å². The maximum absolute atomic E-state index is 5.22. The van der Waals surface area contributed by atoms with E-state index in [1.807, 2.05) is 18.2 Å². The molecule has 0 N–H and O–H groups in total. The van der Waals surface area contributed by atoms with E-state index >= 15 is 0 Å². The third-order valence-electron chi connectivity index (χ3n) is 9.74. The van der Waals surface area contributed by atoms with Gasteiger partial charge < -0.3 is 0 Å². The van der Waals surface area contributed by atoms with Gasteiger partial charge in [0.2, 0.25) is 0 Å². The predicted octanol–water partition coefficient (Wildman–Crippen LogP) is 9.65. The number of hydrogen-bond donors (Lipinski definition) is 0. The molecule has 0 amide bonds. The molecule has 2 heterocycles. The molecule has 8 aromatic rings. The summed E-state index contributed by atoms with van der Waals surface area (Å²) in [6.07, 6.45) is 0. The van der Waals surface area contributed by atoms with Crippen molar-refractivity contribution in [1.82, 2.24) is 15.0 Å². The Bertz CT molecular complexity index is 2490. The molecule has 222 valence electrons. The van der Waals surface area contributed by atoms with Crippen LogP contribution in [0.4, 0.5) is 0 Å². The molecule has 47 heavy (non-hydrogen) atoms. The quantitative estimate of drug-likeness (QED) is 0.185. The molecule has 3 nitrogen and oxygen atoms in total. The van der Waals surface area contributed by atoms with Crippen LogP contribution in [0.15, 0.2) is 152 Å². The summed E-state index contributed by atoms with van der Waals surface area (Å²) in [4.78, 5) is 15.4. The fraction of sp³-hybridized carbons (Fsp3) is 0.0465. The van der Waals surface area contributed by atoms with Crippen LogP contribution in [0.3, 0.4) is 0 Å². The molecule has 1 aliphatic heterocycles. The van der Waals surface area contributed by atoms with Crippen LogP contribution in [0.25, 0.3) is 78.0 Å². The van der Waals surface area contributed by atoms with Gasteiger partial charge >= 0.3 is 0 Å². The molecule has 4 heteroatoms. The lowest BCUT2D eigenvalue weighted by Gasteiger charge is -2.19. The number of aromatic nitrogens is 3. The molecule has 0 saturated carbocycles. The van der Waals surface area contributed by atoms with Crippen molar-refractivity contribution in [2.45, 2.75) is 13.1 Å². The van der Waals surface area contributed by atoms with Crippen LogP contribution in [0, 0.1) is 0 Å². The Morgan fingerprint density at radius 3 is 1.68 bits per heavy atom. The number of hydrogen-bond acceptors (Lipinski definition) is 3. The van der Waals surface area contributed by atoms with Gasteiger partial charge in [-0.2, -0.15) is 0 Å². The number of rotatable bonds is 4. The van der Waals surface area contributed by atoms with E-state index in [9.17, 15) is 0 Å². The van der Waals surface area contributed by atoms with Crippen LogP contribution >= 0.6 is 0 Å². The van der Waals surface area contributed by atoms with Crippen molar-refractivity contribution in [2.75, 3.05) is 0 Å². The average Bonchev–Trinajstić information content (AvgIpc) is 3.37. The first-order valence-corrected chi connectivity index (χ1v) is 19.1. The predicted molar refractivity (Wildman–Crippen MR) is 199 cm³/mol. The van der Waals surface area contributed by atoms with Gasteiger partial charge in [-0.25, -0.2) is 15.0 Å². The second kappa shape index (κ2) is 10.7. The highest BCUT2D eigenvalue weighted by Gasteiger charge is 2.38. The van der Waals surface area contributed by atoms with Crippen molar-refractivity contribution in [2.24, 2.45) is 0 Å². The van der Waals surface area contributed by atoms with E-state index in [0.717, 1.165) is 22.1 Å². The molecule has 0 spiro atoms. The van der Waals surface area contributed by atoms with Gasteiger partial charge in [0.25, 0.3) is 0 Å². The highest BCUT2D eigenvalue weighted by atomic mass is 28.3. The van der Waals surface area contributed by atoms with Gasteiger partial charge in [-0.3, -0.25) is 0 Å². The molecule has 0 atom stereocenters. The third kappa shape index (κ3) is 4.44. The molecule has 7 aromatic carbocycles. The molecule has 1 aromatic heterocycles. The average molecular weight is 618 g/mol. The van der Waals surface area contributed by atoms with Gasteiger partial charge in [-0.05, 0) is 60.2 Å². The lowest BCUT2D eigenvalue weighted by molar-refractivity contribution is 1.08. The minimum Gasteiger partial charge on any atom is -0.208 e. The maximum atomic E-state index is 5.22. The lowest BCUT2D eigenvalue weighted by atomic mass is 9.94. The van der Waals surface area contributed by atoms with Crippen LogP contribution in [-0.4, -0.2) is 23.0 Å². The summed E-state index contributed by atoms with van der Waals surface area (Å²) in [6.45, 7) is 4.93. The van der Waals surface area contributed by atoms with Crippen molar-refractivity contribution >= 4 is 40.0 Å². The zero-order valence-electron chi connectivity index (χ0n) is 26.3. The van der Waals surface area contributed by atoms with E-state index in [0.29, 0.717) is 17.5 Å². The summed E-state index contributed by atoms with van der Waals surface area (Å²) in [5.41, 5.74) is 8.11. The Balaban J connectivity index is 1.25. The first-order valence-electron chi connectivity index (χ1n) is 16.1. The topological polar surface area (TPSA) is 38.7 Å². The van der Waals surface area contributed by atoms with Crippen molar-refractivity contribution in [3.63, 3.8) is 0 Å². The van der Waals surface area contributed by atoms with Crippen LogP contribution in [0.1, 0.15) is 0 Å². The SMILES string of the molecule is C[Si]1(C)c2cc(-c3nc(-c4ccccc4)nc(-c4ccc(-c5ccccc5)c5ccccc45)n3)ccc2-c2c1ccc1ccccc21. The zero-order chi connectivity index (χ0) is 31.5. The molecule has 0 bridgehead atoms. The fourth-order valence-electron chi connectivity index (χ4n) is 7.35. The Morgan fingerprint density at radius 1 is 0.383 bits per heavy atom. The largest absolute Gasteiger partial charge is 0.208 e. The molecule has 0 aliphatic carbocycles. The van der Waals surface area contributed by atoms with Crippen molar-refractivity contribution in [3.05, 3.63) is 152 Å². The van der Waals surface area contributed by atoms with Gasteiger partial charge in [0.15, 0.2) is 17.5 Å². The van der Waals surface area contributed by atoms with E-state index in [1.54, 1.807) is 0 Å². The summed E-state index contributed by atoms with van der Waals surface area (Å²) >= 11 is 0. The van der Waals surface area contributed by atoms with Gasteiger partial charge in [0, 0.05) is 16.7 Å². The molecular weight excluding hydrogens is 587 g/mol. The van der Waals surface area contributed by atoms with Crippen molar-refractivity contribution < 1.29 is 0 Å². The zero-order valence-corrected chi connectivity index (χ0v) is 27.3. The Kier molecular flexibility index (Phi) is 6.27. The van der Waals surface area contributed by atoms with Crippen LogP contribution in [0.2, 0.25) is 13.1 Å². The summed E-state index contributed by atoms with van der Waals surface area (Å²) in [5.74, 6) is 2.04. The third-order valence-corrected chi connectivity index (χ3v) is 13.3. The second-order valence-corrected chi connectivity index (χ2v) is 17.2. The summed E-state index contributed by atoms with van der Waals surface area (Å²) in [6, 6.07) is 54.0. The fourth-order valence-corrected chi connectivity index (χ4v) is 10.4. The highest BCUT2D eigenvalue weighted by molar-refractivity contribution is 7.04. The number of fused-ring (bicyclic) bond motifs is 6. The van der Waals surface area contributed by atoms with E-state index in [2.05, 4.69) is 147 Å². The summed E-state index contributed by atoms with van der Waals surface area (Å²) in [5, 5.41) is 7.84. The van der Waals surface area contributed by atoms with E-state index in [1.165, 1.54) is 48.8 Å². The van der Waals surface area contributed by atoms with Gasteiger partial charge in [-0.15, -0.1) is 0 Å². The van der Waals surface area contributed by atoms with Crippen LogP contribution < -0.4 is 10.4 Å². The van der Waals surface area contributed by atoms with E-state index in [-0.39, 0.29) is 0 Å². The Morgan fingerprint density at radius 2 is 0.936 bits per heavy atom. The summed E-state index contributed by atoms with van der Waals surface area (Å²) < 4.78 is 0. The molecule has 0 saturated heterocycles. The smallest absolute Gasteiger partial charge is 0.164 e. The normalized spacial score (nSPS) is 13.1. The summed E-state index contributed by atoms with van der Waals surface area (Å²) in [7, 11) is -1.96. The number of benzene rings is 7. The minimum atomic E-state index is -1.96. The highest BCUT2D eigenvalue weighted by Crippen LogP contribution is 2.38.